The van der Waals surface area contributed by atoms with E-state index in [2.05, 4.69) is 52.2 Å². The zero-order valence-electron chi connectivity index (χ0n) is 9.97. The molecule has 1 heterocycles. The predicted octanol–water partition coefficient (Wildman–Crippen LogP) is 2.82. The molecule has 0 aliphatic heterocycles. The summed E-state index contributed by atoms with van der Waals surface area (Å²) in [7, 11) is 0. The van der Waals surface area contributed by atoms with Crippen LogP contribution in [0.1, 0.15) is 30.6 Å². The fourth-order valence-electron chi connectivity index (χ4n) is 1.88. The maximum atomic E-state index is 4.15. The molecule has 0 fully saturated rings. The third kappa shape index (κ3) is 3.61. The number of nitrogens with one attached hydrogen (secondary N) is 1. The van der Waals surface area contributed by atoms with Crippen molar-refractivity contribution >= 4 is 11.5 Å². The summed E-state index contributed by atoms with van der Waals surface area (Å²) in [6.07, 6.45) is 2.12. The Morgan fingerprint density at radius 1 is 1.29 bits per heavy atom. The molecule has 0 bridgehead atoms. The molecule has 1 atom stereocenters. The number of nitrogens with zero attached hydrogens (tertiary/aromatic N) is 2. The van der Waals surface area contributed by atoms with E-state index in [0.29, 0.717) is 6.04 Å². The van der Waals surface area contributed by atoms with Crippen LogP contribution in [0.25, 0.3) is 0 Å². The Balaban J connectivity index is 1.95. The Bertz CT molecular complexity index is 413. The van der Waals surface area contributed by atoms with Crippen molar-refractivity contribution in [1.29, 1.82) is 0 Å². The number of rotatable bonds is 6. The molecule has 1 aromatic carbocycles. The van der Waals surface area contributed by atoms with Crippen molar-refractivity contribution in [3.63, 3.8) is 0 Å². The first-order valence-corrected chi connectivity index (χ1v) is 6.78. The lowest BCUT2D eigenvalue weighted by atomic mass is 10.0. The summed E-state index contributed by atoms with van der Waals surface area (Å²) in [6.45, 7) is 3.08. The van der Waals surface area contributed by atoms with Gasteiger partial charge in [-0.1, -0.05) is 41.7 Å². The first-order valence-electron chi connectivity index (χ1n) is 5.94. The van der Waals surface area contributed by atoms with Gasteiger partial charge in [-0.15, -0.1) is 5.10 Å². The van der Waals surface area contributed by atoms with Crippen LogP contribution in [0.15, 0.2) is 35.7 Å². The van der Waals surface area contributed by atoms with Crippen molar-refractivity contribution < 1.29 is 0 Å². The van der Waals surface area contributed by atoms with Crippen LogP contribution in [0.3, 0.4) is 0 Å². The molecule has 17 heavy (non-hydrogen) atoms. The fourth-order valence-corrected chi connectivity index (χ4v) is 2.39. The van der Waals surface area contributed by atoms with E-state index in [-0.39, 0.29) is 0 Å². The van der Waals surface area contributed by atoms with Crippen LogP contribution < -0.4 is 5.32 Å². The van der Waals surface area contributed by atoms with Gasteiger partial charge in [-0.2, -0.15) is 0 Å². The molecule has 1 N–H and O–H groups in total. The average Bonchev–Trinajstić information content (AvgIpc) is 2.89. The average molecular weight is 247 g/mol. The lowest BCUT2D eigenvalue weighted by molar-refractivity contribution is 0.503. The van der Waals surface area contributed by atoms with Gasteiger partial charge in [0.05, 0.1) is 11.7 Å². The highest BCUT2D eigenvalue weighted by molar-refractivity contribution is 7.03. The lowest BCUT2D eigenvalue weighted by Crippen LogP contribution is -2.21. The van der Waals surface area contributed by atoms with Crippen molar-refractivity contribution in [3.05, 3.63) is 47.0 Å². The largest absolute Gasteiger partial charge is 0.309 e. The Labute approximate surface area is 106 Å². The summed E-state index contributed by atoms with van der Waals surface area (Å²) < 4.78 is 3.93. The summed E-state index contributed by atoms with van der Waals surface area (Å²) in [5.74, 6) is 0. The molecular formula is C13H17N3S. The van der Waals surface area contributed by atoms with Gasteiger partial charge in [0.15, 0.2) is 0 Å². The molecule has 90 valence electrons. The Morgan fingerprint density at radius 3 is 2.76 bits per heavy atom. The minimum atomic E-state index is 0.318. The molecule has 1 aromatic heterocycles. The molecule has 0 saturated heterocycles. The van der Waals surface area contributed by atoms with Crippen LogP contribution in [0.5, 0.6) is 0 Å². The van der Waals surface area contributed by atoms with Gasteiger partial charge in [-0.25, -0.2) is 0 Å². The van der Waals surface area contributed by atoms with Crippen LogP contribution in [0.4, 0.5) is 0 Å². The monoisotopic (exact) mass is 247 g/mol. The van der Waals surface area contributed by atoms with Crippen LogP contribution in [-0.2, 0) is 6.42 Å². The van der Waals surface area contributed by atoms with Gasteiger partial charge >= 0.3 is 0 Å². The second kappa shape index (κ2) is 6.47. The second-order valence-electron chi connectivity index (χ2n) is 3.96. The van der Waals surface area contributed by atoms with E-state index in [1.807, 2.05) is 5.38 Å². The number of aromatic nitrogens is 2. The third-order valence-electron chi connectivity index (χ3n) is 2.75. The number of aryl methyl sites for hydroxylation is 1. The van der Waals surface area contributed by atoms with Crippen molar-refractivity contribution in [2.45, 2.75) is 25.8 Å². The zero-order chi connectivity index (χ0) is 11.9. The van der Waals surface area contributed by atoms with Gasteiger partial charge in [-0.05, 0) is 36.5 Å². The maximum Gasteiger partial charge on any atom is 0.0924 e. The first-order chi connectivity index (χ1) is 8.40. The molecule has 4 heteroatoms. The molecule has 2 rings (SSSR count). The first kappa shape index (κ1) is 12.2. The molecule has 0 amide bonds. The van der Waals surface area contributed by atoms with Gasteiger partial charge < -0.3 is 5.32 Å². The van der Waals surface area contributed by atoms with E-state index in [1.54, 1.807) is 0 Å². The van der Waals surface area contributed by atoms with Gasteiger partial charge in [0.2, 0.25) is 0 Å². The lowest BCUT2D eigenvalue weighted by Gasteiger charge is -2.14. The van der Waals surface area contributed by atoms with E-state index >= 15 is 0 Å². The standard InChI is InChI=1S/C13H17N3S/c1-2-14-12(13-10-17-16-15-13)9-8-11-6-4-3-5-7-11/h3-7,10,12,14H,2,8-9H2,1H3. The van der Waals surface area contributed by atoms with Crippen molar-refractivity contribution in [1.82, 2.24) is 14.9 Å². The summed E-state index contributed by atoms with van der Waals surface area (Å²) in [5.41, 5.74) is 2.44. The molecule has 0 radical (unpaired) electrons. The zero-order valence-corrected chi connectivity index (χ0v) is 10.8. The third-order valence-corrected chi connectivity index (χ3v) is 3.27. The molecule has 3 nitrogen and oxygen atoms in total. The highest BCUT2D eigenvalue weighted by atomic mass is 32.1. The Morgan fingerprint density at radius 2 is 2.12 bits per heavy atom. The van der Waals surface area contributed by atoms with E-state index < -0.39 is 0 Å². The van der Waals surface area contributed by atoms with Crippen molar-refractivity contribution in [3.8, 4) is 0 Å². The quantitative estimate of drug-likeness (QED) is 0.853. The molecule has 0 aliphatic rings. The van der Waals surface area contributed by atoms with Gasteiger partial charge in [-0.3, -0.25) is 0 Å². The van der Waals surface area contributed by atoms with Crippen LogP contribution in [0, 0.1) is 0 Å². The van der Waals surface area contributed by atoms with Crippen molar-refractivity contribution in [2.75, 3.05) is 6.54 Å². The smallest absolute Gasteiger partial charge is 0.0924 e. The minimum absolute atomic E-state index is 0.318. The fraction of sp³-hybridized carbons (Fsp3) is 0.385. The highest BCUT2D eigenvalue weighted by Gasteiger charge is 2.12. The summed E-state index contributed by atoms with van der Waals surface area (Å²) in [5, 5.41) is 9.64. The Kier molecular flexibility index (Phi) is 4.64. The van der Waals surface area contributed by atoms with E-state index in [1.165, 1.54) is 17.1 Å². The Hall–Kier alpha value is -1.26. The molecular weight excluding hydrogens is 230 g/mol. The van der Waals surface area contributed by atoms with Crippen LogP contribution in [0.2, 0.25) is 0 Å². The van der Waals surface area contributed by atoms with Gasteiger partial charge in [0.1, 0.15) is 0 Å². The van der Waals surface area contributed by atoms with Gasteiger partial charge in [0.25, 0.3) is 0 Å². The normalized spacial score (nSPS) is 12.5. The van der Waals surface area contributed by atoms with Crippen LogP contribution in [-0.4, -0.2) is 16.1 Å². The second-order valence-corrected chi connectivity index (χ2v) is 4.57. The molecule has 2 aromatic rings. The predicted molar refractivity (Wildman–Crippen MR) is 71.1 cm³/mol. The van der Waals surface area contributed by atoms with Gasteiger partial charge in [0, 0.05) is 5.38 Å². The van der Waals surface area contributed by atoms with E-state index in [0.717, 1.165) is 25.1 Å². The van der Waals surface area contributed by atoms with E-state index in [4.69, 9.17) is 0 Å². The summed E-state index contributed by atoms with van der Waals surface area (Å²) in [6, 6.07) is 10.9. The summed E-state index contributed by atoms with van der Waals surface area (Å²) in [4.78, 5) is 0. The number of hydrogen-bond acceptors (Lipinski definition) is 4. The number of benzene rings is 1. The minimum Gasteiger partial charge on any atom is -0.309 e. The maximum absolute atomic E-state index is 4.15. The topological polar surface area (TPSA) is 37.8 Å². The van der Waals surface area contributed by atoms with Crippen LogP contribution >= 0.6 is 11.5 Å². The molecule has 1 unspecified atom stereocenters. The number of hydrogen-bond donors (Lipinski definition) is 1. The molecule has 0 saturated carbocycles. The van der Waals surface area contributed by atoms with Crippen molar-refractivity contribution in [2.24, 2.45) is 0 Å². The molecule has 0 spiro atoms. The van der Waals surface area contributed by atoms with E-state index in [9.17, 15) is 0 Å². The highest BCUT2D eigenvalue weighted by Crippen LogP contribution is 2.17. The summed E-state index contributed by atoms with van der Waals surface area (Å²) >= 11 is 1.41. The molecule has 0 aliphatic carbocycles. The SMILES string of the molecule is CCNC(CCc1ccccc1)c1csnn1.